The van der Waals surface area contributed by atoms with Crippen molar-refractivity contribution in [3.05, 3.63) is 60.2 Å². The van der Waals surface area contributed by atoms with E-state index < -0.39 is 0 Å². The Morgan fingerprint density at radius 2 is 1.53 bits per heavy atom. The predicted octanol–water partition coefficient (Wildman–Crippen LogP) is 4.14. The number of alkyl halides is 1. The molecule has 1 aromatic heterocycles. The second-order valence-electron chi connectivity index (χ2n) is 4.11. The number of hydrogen-bond donors (Lipinski definition) is 0. The van der Waals surface area contributed by atoms with Crippen LogP contribution in [0.1, 0.15) is 5.56 Å². The monoisotopic (exact) mass is 270 g/mol. The molecule has 2 aromatic carbocycles. The van der Waals surface area contributed by atoms with E-state index in [9.17, 15) is 0 Å². The van der Waals surface area contributed by atoms with Crippen LogP contribution in [0.3, 0.4) is 0 Å². The lowest BCUT2D eigenvalue weighted by atomic mass is 10.1. The standard InChI is InChI=1S/C15H11ClN2O/c16-10-11-5-4-8-13(9-11)15-18-17-14(19-15)12-6-2-1-3-7-12/h1-9H,10H2. The van der Waals surface area contributed by atoms with Crippen molar-refractivity contribution < 1.29 is 4.42 Å². The lowest BCUT2D eigenvalue weighted by molar-refractivity contribution is 0.584. The molecule has 0 saturated heterocycles. The third-order valence-electron chi connectivity index (χ3n) is 2.77. The van der Waals surface area contributed by atoms with Crippen LogP contribution in [-0.2, 0) is 5.88 Å². The molecule has 0 radical (unpaired) electrons. The van der Waals surface area contributed by atoms with E-state index in [-0.39, 0.29) is 0 Å². The summed E-state index contributed by atoms with van der Waals surface area (Å²) in [6.07, 6.45) is 0. The zero-order chi connectivity index (χ0) is 13.1. The summed E-state index contributed by atoms with van der Waals surface area (Å²) in [5, 5.41) is 8.15. The smallest absolute Gasteiger partial charge is 0.248 e. The summed E-state index contributed by atoms with van der Waals surface area (Å²) in [5.74, 6) is 1.49. The molecule has 0 unspecified atom stereocenters. The van der Waals surface area contributed by atoms with Crippen LogP contribution in [0.4, 0.5) is 0 Å². The predicted molar refractivity (Wildman–Crippen MR) is 74.7 cm³/mol. The van der Waals surface area contributed by atoms with Crippen molar-refractivity contribution in [1.29, 1.82) is 0 Å². The molecular weight excluding hydrogens is 260 g/mol. The summed E-state index contributed by atoms with van der Waals surface area (Å²) < 4.78 is 5.69. The first-order valence-corrected chi connectivity index (χ1v) is 6.44. The van der Waals surface area contributed by atoms with Crippen LogP contribution in [0.15, 0.2) is 59.0 Å². The van der Waals surface area contributed by atoms with Crippen LogP contribution < -0.4 is 0 Å². The van der Waals surface area contributed by atoms with Gasteiger partial charge in [0, 0.05) is 17.0 Å². The number of rotatable bonds is 3. The van der Waals surface area contributed by atoms with Crippen LogP contribution in [0.25, 0.3) is 22.9 Å². The van der Waals surface area contributed by atoms with E-state index in [0.29, 0.717) is 17.7 Å². The molecule has 0 aliphatic heterocycles. The maximum atomic E-state index is 5.82. The zero-order valence-electron chi connectivity index (χ0n) is 10.1. The Kier molecular flexibility index (Phi) is 3.29. The van der Waals surface area contributed by atoms with Gasteiger partial charge in [0.25, 0.3) is 0 Å². The van der Waals surface area contributed by atoms with Crippen LogP contribution in [-0.4, -0.2) is 10.2 Å². The molecule has 0 aliphatic carbocycles. The molecule has 0 fully saturated rings. The van der Waals surface area contributed by atoms with Gasteiger partial charge in [-0.2, -0.15) is 0 Å². The van der Waals surface area contributed by atoms with Crippen LogP contribution >= 0.6 is 11.6 Å². The van der Waals surface area contributed by atoms with Gasteiger partial charge in [0.2, 0.25) is 11.8 Å². The maximum absolute atomic E-state index is 5.82. The first-order valence-electron chi connectivity index (χ1n) is 5.91. The van der Waals surface area contributed by atoms with E-state index in [1.54, 1.807) is 0 Å². The molecule has 0 amide bonds. The third-order valence-corrected chi connectivity index (χ3v) is 3.08. The molecule has 0 bridgehead atoms. The topological polar surface area (TPSA) is 38.9 Å². The van der Waals surface area contributed by atoms with E-state index in [1.807, 2.05) is 54.6 Å². The fraction of sp³-hybridized carbons (Fsp3) is 0.0667. The van der Waals surface area contributed by atoms with Crippen molar-refractivity contribution in [2.75, 3.05) is 0 Å². The quantitative estimate of drug-likeness (QED) is 0.671. The molecule has 1 heterocycles. The average molecular weight is 271 g/mol. The van der Waals surface area contributed by atoms with Gasteiger partial charge in [-0.15, -0.1) is 21.8 Å². The normalized spacial score (nSPS) is 10.6. The van der Waals surface area contributed by atoms with E-state index in [0.717, 1.165) is 16.7 Å². The van der Waals surface area contributed by atoms with Crippen molar-refractivity contribution in [2.24, 2.45) is 0 Å². The van der Waals surface area contributed by atoms with E-state index >= 15 is 0 Å². The molecule has 19 heavy (non-hydrogen) atoms. The number of aromatic nitrogens is 2. The number of nitrogens with zero attached hydrogens (tertiary/aromatic N) is 2. The SMILES string of the molecule is ClCc1cccc(-c2nnc(-c3ccccc3)o2)c1. The molecule has 0 N–H and O–H groups in total. The van der Waals surface area contributed by atoms with Crippen LogP contribution in [0.2, 0.25) is 0 Å². The van der Waals surface area contributed by atoms with Gasteiger partial charge in [0.05, 0.1) is 0 Å². The summed E-state index contributed by atoms with van der Waals surface area (Å²) in [7, 11) is 0. The Morgan fingerprint density at radius 3 is 2.26 bits per heavy atom. The molecule has 0 spiro atoms. The second kappa shape index (κ2) is 5.24. The molecule has 3 rings (SSSR count). The van der Waals surface area contributed by atoms with Crippen molar-refractivity contribution in [2.45, 2.75) is 5.88 Å². The Morgan fingerprint density at radius 1 is 0.842 bits per heavy atom. The maximum Gasteiger partial charge on any atom is 0.248 e. The van der Waals surface area contributed by atoms with Gasteiger partial charge in [0.1, 0.15) is 0 Å². The molecule has 0 saturated carbocycles. The number of halogens is 1. The van der Waals surface area contributed by atoms with Crippen LogP contribution in [0, 0.1) is 0 Å². The minimum atomic E-state index is 0.466. The van der Waals surface area contributed by atoms with Gasteiger partial charge in [-0.25, -0.2) is 0 Å². The minimum Gasteiger partial charge on any atom is -0.416 e. The molecule has 3 nitrogen and oxygen atoms in total. The van der Waals surface area contributed by atoms with Gasteiger partial charge in [-0.05, 0) is 29.8 Å². The first kappa shape index (κ1) is 11.9. The highest BCUT2D eigenvalue weighted by Gasteiger charge is 2.10. The van der Waals surface area contributed by atoms with Crippen LogP contribution in [0.5, 0.6) is 0 Å². The van der Waals surface area contributed by atoms with E-state index in [1.165, 1.54) is 0 Å². The highest BCUT2D eigenvalue weighted by Crippen LogP contribution is 2.24. The van der Waals surface area contributed by atoms with Gasteiger partial charge >= 0.3 is 0 Å². The second-order valence-corrected chi connectivity index (χ2v) is 4.38. The van der Waals surface area contributed by atoms with E-state index in [2.05, 4.69) is 10.2 Å². The highest BCUT2D eigenvalue weighted by atomic mass is 35.5. The van der Waals surface area contributed by atoms with Gasteiger partial charge in [0.15, 0.2) is 0 Å². The summed E-state index contributed by atoms with van der Waals surface area (Å²) in [6, 6.07) is 17.5. The lowest BCUT2D eigenvalue weighted by Gasteiger charge is -1.98. The number of benzene rings is 2. The largest absolute Gasteiger partial charge is 0.416 e. The van der Waals surface area contributed by atoms with Gasteiger partial charge in [-0.1, -0.05) is 30.3 Å². The van der Waals surface area contributed by atoms with Crippen molar-refractivity contribution in [3.8, 4) is 22.9 Å². The van der Waals surface area contributed by atoms with Crippen molar-refractivity contribution in [3.63, 3.8) is 0 Å². The molecule has 0 atom stereocenters. The summed E-state index contributed by atoms with van der Waals surface area (Å²) in [4.78, 5) is 0. The minimum absolute atomic E-state index is 0.466. The summed E-state index contributed by atoms with van der Waals surface area (Å²) in [6.45, 7) is 0. The van der Waals surface area contributed by atoms with E-state index in [4.69, 9.17) is 16.0 Å². The number of hydrogen-bond acceptors (Lipinski definition) is 3. The molecule has 94 valence electrons. The van der Waals surface area contributed by atoms with Gasteiger partial charge < -0.3 is 4.42 Å². The summed E-state index contributed by atoms with van der Waals surface area (Å²) in [5.41, 5.74) is 2.82. The Hall–Kier alpha value is -2.13. The Bertz CT molecular complexity index is 679. The third kappa shape index (κ3) is 2.51. The zero-order valence-corrected chi connectivity index (χ0v) is 10.8. The summed E-state index contributed by atoms with van der Waals surface area (Å²) >= 11 is 5.82. The van der Waals surface area contributed by atoms with Gasteiger partial charge in [-0.3, -0.25) is 0 Å². The fourth-order valence-electron chi connectivity index (χ4n) is 1.82. The molecular formula is C15H11ClN2O. The Balaban J connectivity index is 1.97. The molecule has 3 aromatic rings. The highest BCUT2D eigenvalue weighted by molar-refractivity contribution is 6.17. The fourth-order valence-corrected chi connectivity index (χ4v) is 1.99. The lowest BCUT2D eigenvalue weighted by Crippen LogP contribution is -1.81. The van der Waals surface area contributed by atoms with Crippen molar-refractivity contribution in [1.82, 2.24) is 10.2 Å². The molecule has 4 heteroatoms. The molecule has 0 aliphatic rings. The van der Waals surface area contributed by atoms with Crippen molar-refractivity contribution >= 4 is 11.6 Å². The average Bonchev–Trinajstić information content (AvgIpc) is 2.98. The Labute approximate surface area is 115 Å². The first-order chi connectivity index (χ1) is 9.36.